The number of ether oxygens (including phenoxy) is 1. The number of alkyl carbamates (subject to hydrolysis) is 1. The Morgan fingerprint density at radius 2 is 2.39 bits per heavy atom. The number of amides is 1. The Morgan fingerprint density at radius 1 is 1.67 bits per heavy atom. The normalized spacial score (nSPS) is 11.4. The molecule has 6 heteroatoms. The van der Waals surface area contributed by atoms with Crippen LogP contribution in [0, 0.1) is 12.3 Å². The minimum absolute atomic E-state index is 0.126. The van der Waals surface area contributed by atoms with Gasteiger partial charge in [0.25, 0.3) is 0 Å². The van der Waals surface area contributed by atoms with E-state index in [2.05, 4.69) is 21.0 Å². The van der Waals surface area contributed by atoms with E-state index >= 15 is 0 Å². The Balaban J connectivity index is 2.61. The maximum atomic E-state index is 11.4. The number of nitrogens with one attached hydrogen (secondary N) is 1. The number of hydrogen-bond donors (Lipinski definition) is 1. The number of Topliss-reactive ketones (excluding diaryl/α,β-unsaturated/α-hetero) is 1. The monoisotopic (exact) mass is 249 g/mol. The van der Waals surface area contributed by atoms with E-state index in [1.54, 1.807) is 17.0 Å². The third-order valence-electron chi connectivity index (χ3n) is 2.38. The van der Waals surface area contributed by atoms with Gasteiger partial charge in [-0.05, 0) is 6.92 Å². The van der Waals surface area contributed by atoms with Crippen LogP contribution in [0.2, 0.25) is 0 Å². The highest BCUT2D eigenvalue weighted by Crippen LogP contribution is 2.01. The summed E-state index contributed by atoms with van der Waals surface area (Å²) in [4.78, 5) is 26.9. The molecule has 0 saturated heterocycles. The minimum Gasteiger partial charge on any atom is -0.436 e. The fourth-order valence-corrected chi connectivity index (χ4v) is 1.36. The number of terminal acetylenes is 1. The van der Waals surface area contributed by atoms with Gasteiger partial charge in [-0.2, -0.15) is 0 Å². The SMILES string of the molecule is C#CCOC(=O)NC(Cc1nccn1C)C(C)=O. The number of aromatic nitrogens is 2. The summed E-state index contributed by atoms with van der Waals surface area (Å²) in [6.45, 7) is 1.27. The van der Waals surface area contributed by atoms with E-state index in [0.29, 0.717) is 12.2 Å². The minimum atomic E-state index is -0.706. The fourth-order valence-electron chi connectivity index (χ4n) is 1.36. The molecule has 1 heterocycles. The molecule has 0 aromatic carbocycles. The molecular weight excluding hydrogens is 234 g/mol. The van der Waals surface area contributed by atoms with Gasteiger partial charge >= 0.3 is 6.09 Å². The predicted molar refractivity (Wildman–Crippen MR) is 64.7 cm³/mol. The molecule has 0 radical (unpaired) electrons. The molecule has 0 spiro atoms. The largest absolute Gasteiger partial charge is 0.436 e. The lowest BCUT2D eigenvalue weighted by atomic mass is 10.1. The molecular formula is C12H15N3O3. The van der Waals surface area contributed by atoms with Crippen LogP contribution in [0.25, 0.3) is 0 Å². The molecule has 0 aliphatic carbocycles. The number of rotatable bonds is 5. The predicted octanol–water partition coefficient (Wildman–Crippen LogP) is 0.280. The first-order valence-corrected chi connectivity index (χ1v) is 5.38. The summed E-state index contributed by atoms with van der Waals surface area (Å²) in [5.41, 5.74) is 0. The molecule has 0 aliphatic rings. The van der Waals surface area contributed by atoms with Gasteiger partial charge in [0.1, 0.15) is 5.82 Å². The standard InChI is InChI=1S/C12H15N3O3/c1-4-7-18-12(17)14-10(9(2)16)8-11-13-5-6-15(11)3/h1,5-6,10H,7-8H2,2-3H3,(H,14,17). The van der Waals surface area contributed by atoms with E-state index in [0.717, 1.165) is 0 Å². The molecule has 1 aromatic heterocycles. The van der Waals surface area contributed by atoms with Crippen LogP contribution in [-0.4, -0.2) is 34.1 Å². The molecule has 1 amide bonds. The number of aryl methyl sites for hydroxylation is 1. The lowest BCUT2D eigenvalue weighted by molar-refractivity contribution is -0.118. The number of hydrogen-bond acceptors (Lipinski definition) is 4. The molecule has 1 unspecified atom stereocenters. The molecule has 1 atom stereocenters. The first kappa shape index (κ1) is 13.8. The Hall–Kier alpha value is -2.29. The zero-order valence-electron chi connectivity index (χ0n) is 10.3. The topological polar surface area (TPSA) is 73.2 Å². The average Bonchev–Trinajstić information content (AvgIpc) is 2.71. The van der Waals surface area contributed by atoms with Crippen LogP contribution in [0.4, 0.5) is 4.79 Å². The second-order valence-corrected chi connectivity index (χ2v) is 3.75. The number of carbonyl (C=O) groups is 2. The molecule has 0 aliphatic heterocycles. The molecule has 96 valence electrons. The number of imidazole rings is 1. The van der Waals surface area contributed by atoms with Crippen LogP contribution in [-0.2, 0) is 23.0 Å². The summed E-state index contributed by atoms with van der Waals surface area (Å²) >= 11 is 0. The highest BCUT2D eigenvalue weighted by molar-refractivity contribution is 5.85. The summed E-state index contributed by atoms with van der Waals surface area (Å²) in [5.74, 6) is 2.70. The van der Waals surface area contributed by atoms with Gasteiger partial charge in [0.2, 0.25) is 0 Å². The van der Waals surface area contributed by atoms with E-state index in [1.165, 1.54) is 6.92 Å². The van der Waals surface area contributed by atoms with Crippen molar-refractivity contribution < 1.29 is 14.3 Å². The second-order valence-electron chi connectivity index (χ2n) is 3.75. The number of carbonyl (C=O) groups excluding carboxylic acids is 2. The van der Waals surface area contributed by atoms with E-state index in [-0.39, 0.29) is 12.4 Å². The summed E-state index contributed by atoms with van der Waals surface area (Å²) < 4.78 is 6.44. The van der Waals surface area contributed by atoms with Gasteiger partial charge in [-0.15, -0.1) is 6.42 Å². The first-order valence-electron chi connectivity index (χ1n) is 5.38. The van der Waals surface area contributed by atoms with Gasteiger partial charge in [-0.25, -0.2) is 9.78 Å². The van der Waals surface area contributed by atoms with Gasteiger partial charge in [0.15, 0.2) is 12.4 Å². The summed E-state index contributed by atoms with van der Waals surface area (Å²) in [5, 5.41) is 2.46. The van der Waals surface area contributed by atoms with Crippen LogP contribution in [0.5, 0.6) is 0 Å². The van der Waals surface area contributed by atoms with Crippen molar-refractivity contribution in [2.75, 3.05) is 6.61 Å². The third-order valence-corrected chi connectivity index (χ3v) is 2.38. The molecule has 1 N–H and O–H groups in total. The third kappa shape index (κ3) is 3.94. The Bertz CT molecular complexity index is 473. The lowest BCUT2D eigenvalue weighted by Crippen LogP contribution is -2.42. The second kappa shape index (κ2) is 6.45. The molecule has 1 aromatic rings. The fraction of sp³-hybridized carbons (Fsp3) is 0.417. The highest BCUT2D eigenvalue weighted by Gasteiger charge is 2.19. The van der Waals surface area contributed by atoms with Crippen LogP contribution in [0.15, 0.2) is 12.4 Å². The molecule has 0 fully saturated rings. The van der Waals surface area contributed by atoms with Crippen molar-refractivity contribution in [3.63, 3.8) is 0 Å². The van der Waals surface area contributed by atoms with Crippen molar-refractivity contribution in [2.24, 2.45) is 7.05 Å². The van der Waals surface area contributed by atoms with Crippen molar-refractivity contribution in [3.8, 4) is 12.3 Å². The average molecular weight is 249 g/mol. The van der Waals surface area contributed by atoms with Crippen molar-refractivity contribution in [2.45, 2.75) is 19.4 Å². The molecule has 1 rings (SSSR count). The van der Waals surface area contributed by atoms with Gasteiger partial charge in [0, 0.05) is 25.9 Å². The number of ketones is 1. The smallest absolute Gasteiger partial charge is 0.408 e. The van der Waals surface area contributed by atoms with Gasteiger partial charge in [0.05, 0.1) is 6.04 Å². The first-order chi connectivity index (χ1) is 8.54. The van der Waals surface area contributed by atoms with Gasteiger partial charge < -0.3 is 14.6 Å². The maximum Gasteiger partial charge on any atom is 0.408 e. The summed E-state index contributed by atoms with van der Waals surface area (Å²) in [7, 11) is 1.82. The van der Waals surface area contributed by atoms with Crippen LogP contribution < -0.4 is 5.32 Å². The molecule has 0 bridgehead atoms. The molecule has 0 saturated carbocycles. The summed E-state index contributed by atoms with van der Waals surface area (Å²) in [6, 6.07) is -0.670. The van der Waals surface area contributed by atoms with Crippen LogP contribution in [0.3, 0.4) is 0 Å². The van der Waals surface area contributed by atoms with Gasteiger partial charge in [-0.3, -0.25) is 4.79 Å². The van der Waals surface area contributed by atoms with E-state index in [4.69, 9.17) is 6.42 Å². The highest BCUT2D eigenvalue weighted by atomic mass is 16.5. The van der Waals surface area contributed by atoms with E-state index < -0.39 is 12.1 Å². The Kier molecular flexibility index (Phi) is 4.93. The molecule has 18 heavy (non-hydrogen) atoms. The zero-order chi connectivity index (χ0) is 13.5. The quantitative estimate of drug-likeness (QED) is 0.761. The van der Waals surface area contributed by atoms with Crippen molar-refractivity contribution >= 4 is 11.9 Å². The van der Waals surface area contributed by atoms with E-state index in [1.807, 2.05) is 7.05 Å². The lowest BCUT2D eigenvalue weighted by Gasteiger charge is -2.15. The van der Waals surface area contributed by atoms with Gasteiger partial charge in [-0.1, -0.05) is 5.92 Å². The van der Waals surface area contributed by atoms with Crippen molar-refractivity contribution in [3.05, 3.63) is 18.2 Å². The zero-order valence-corrected chi connectivity index (χ0v) is 10.3. The molecule has 6 nitrogen and oxygen atoms in total. The summed E-state index contributed by atoms with van der Waals surface area (Å²) in [6.07, 6.45) is 7.96. The Labute approximate surface area is 105 Å². The number of nitrogens with zero attached hydrogens (tertiary/aromatic N) is 2. The van der Waals surface area contributed by atoms with Crippen LogP contribution >= 0.6 is 0 Å². The maximum absolute atomic E-state index is 11.4. The van der Waals surface area contributed by atoms with Crippen molar-refractivity contribution in [1.29, 1.82) is 0 Å². The Morgan fingerprint density at radius 3 is 2.89 bits per heavy atom. The van der Waals surface area contributed by atoms with E-state index in [9.17, 15) is 9.59 Å². The van der Waals surface area contributed by atoms with Crippen LogP contribution in [0.1, 0.15) is 12.7 Å². The van der Waals surface area contributed by atoms with Crippen molar-refractivity contribution in [1.82, 2.24) is 14.9 Å².